The zero-order chi connectivity index (χ0) is 25.1. The van der Waals surface area contributed by atoms with Crippen LogP contribution in [0.1, 0.15) is 48.5 Å². The summed E-state index contributed by atoms with van der Waals surface area (Å²) < 4.78 is 9.83. The SMILES string of the molecule is CCOC(=O)/C=C/C(C)=C/C=C/C(C)=C/C=C/C=C(C)/C=C/C=C(C)/C=C(\C)C(=O)OCC. The third-order valence-corrected chi connectivity index (χ3v) is 4.08. The Labute approximate surface area is 199 Å². The molecule has 0 aromatic rings. The van der Waals surface area contributed by atoms with Gasteiger partial charge in [-0.1, -0.05) is 89.1 Å². The molecule has 0 saturated heterocycles. The minimum atomic E-state index is -0.333. The zero-order valence-corrected chi connectivity index (χ0v) is 21.1. The largest absolute Gasteiger partial charge is 0.463 e. The van der Waals surface area contributed by atoms with Gasteiger partial charge >= 0.3 is 11.9 Å². The summed E-state index contributed by atoms with van der Waals surface area (Å²) in [6, 6.07) is 0. The summed E-state index contributed by atoms with van der Waals surface area (Å²) in [6.45, 7) is 14.0. The second-order valence-electron chi connectivity index (χ2n) is 7.38. The molecule has 0 N–H and O–H groups in total. The summed E-state index contributed by atoms with van der Waals surface area (Å²) in [5, 5.41) is 0. The van der Waals surface area contributed by atoms with Crippen LogP contribution in [-0.4, -0.2) is 25.2 Å². The molecule has 0 aromatic carbocycles. The lowest BCUT2D eigenvalue weighted by molar-refractivity contribution is -0.138. The second-order valence-corrected chi connectivity index (χ2v) is 7.38. The monoisotopic (exact) mass is 450 g/mol. The molecule has 4 nitrogen and oxygen atoms in total. The van der Waals surface area contributed by atoms with Gasteiger partial charge in [-0.3, -0.25) is 0 Å². The highest BCUT2D eigenvalue weighted by atomic mass is 16.5. The summed E-state index contributed by atoms with van der Waals surface area (Å²) in [7, 11) is 0. The number of esters is 2. The molecule has 0 radical (unpaired) electrons. The average Bonchev–Trinajstić information content (AvgIpc) is 2.75. The van der Waals surface area contributed by atoms with E-state index in [0.717, 1.165) is 22.3 Å². The zero-order valence-electron chi connectivity index (χ0n) is 21.1. The number of carbonyl (C=O) groups is 2. The molecule has 0 atom stereocenters. The van der Waals surface area contributed by atoms with E-state index in [0.29, 0.717) is 18.8 Å². The molecule has 0 fully saturated rings. The second kappa shape index (κ2) is 18.2. The number of ether oxygens (including phenoxy) is 2. The first-order valence-electron chi connectivity index (χ1n) is 11.1. The van der Waals surface area contributed by atoms with Crippen LogP contribution in [0.15, 0.2) is 107 Å². The van der Waals surface area contributed by atoms with Crippen molar-refractivity contribution in [2.75, 3.05) is 13.2 Å². The smallest absolute Gasteiger partial charge is 0.333 e. The number of allylic oxidation sites excluding steroid dienone is 16. The van der Waals surface area contributed by atoms with E-state index >= 15 is 0 Å². The third-order valence-electron chi connectivity index (χ3n) is 4.08. The lowest BCUT2D eigenvalue weighted by atomic mass is 10.1. The summed E-state index contributed by atoms with van der Waals surface area (Å²) in [5.74, 6) is -0.619. The molecule has 0 heterocycles. The van der Waals surface area contributed by atoms with Gasteiger partial charge in [0.1, 0.15) is 0 Å². The molecule has 0 bridgehead atoms. The van der Waals surface area contributed by atoms with Gasteiger partial charge in [0.25, 0.3) is 0 Å². The van der Waals surface area contributed by atoms with Gasteiger partial charge in [0.15, 0.2) is 0 Å². The molecule has 0 saturated carbocycles. The van der Waals surface area contributed by atoms with Gasteiger partial charge in [0.2, 0.25) is 0 Å². The van der Waals surface area contributed by atoms with Crippen LogP contribution in [0.25, 0.3) is 0 Å². The van der Waals surface area contributed by atoms with Gasteiger partial charge in [0.05, 0.1) is 13.2 Å². The van der Waals surface area contributed by atoms with E-state index in [-0.39, 0.29) is 11.9 Å². The van der Waals surface area contributed by atoms with Crippen LogP contribution in [0, 0.1) is 0 Å². The summed E-state index contributed by atoms with van der Waals surface area (Å²) in [4.78, 5) is 22.9. The third kappa shape index (κ3) is 16.9. The molecule has 0 rings (SSSR count). The fourth-order valence-corrected chi connectivity index (χ4v) is 2.37. The first kappa shape index (κ1) is 29.6. The van der Waals surface area contributed by atoms with E-state index in [1.165, 1.54) is 6.08 Å². The molecule has 0 spiro atoms. The molecule has 33 heavy (non-hydrogen) atoms. The Morgan fingerprint density at radius 3 is 1.55 bits per heavy atom. The maximum absolute atomic E-state index is 11.6. The van der Waals surface area contributed by atoms with Crippen molar-refractivity contribution in [1.29, 1.82) is 0 Å². The Morgan fingerprint density at radius 2 is 1.03 bits per heavy atom. The van der Waals surface area contributed by atoms with Crippen LogP contribution in [0.3, 0.4) is 0 Å². The predicted octanol–water partition coefficient (Wildman–Crippen LogP) is 7.07. The minimum Gasteiger partial charge on any atom is -0.463 e. The molecular formula is C29H38O4. The molecule has 0 aliphatic heterocycles. The highest BCUT2D eigenvalue weighted by Crippen LogP contribution is 2.05. The maximum atomic E-state index is 11.6. The fraction of sp³-hybridized carbons (Fsp3) is 0.310. The van der Waals surface area contributed by atoms with Crippen molar-refractivity contribution in [3.05, 3.63) is 107 Å². The molecule has 4 heteroatoms. The fourth-order valence-electron chi connectivity index (χ4n) is 2.37. The molecule has 0 aromatic heterocycles. The Balaban J connectivity index is 4.77. The van der Waals surface area contributed by atoms with Crippen molar-refractivity contribution in [2.24, 2.45) is 0 Å². The highest BCUT2D eigenvalue weighted by molar-refractivity contribution is 5.88. The average molecular weight is 451 g/mol. The van der Waals surface area contributed by atoms with Crippen LogP contribution in [-0.2, 0) is 19.1 Å². The number of hydrogen-bond donors (Lipinski definition) is 0. The molecular weight excluding hydrogens is 412 g/mol. The Morgan fingerprint density at radius 1 is 0.576 bits per heavy atom. The normalized spacial score (nSPS) is 14.8. The van der Waals surface area contributed by atoms with E-state index in [1.807, 2.05) is 94.5 Å². The topological polar surface area (TPSA) is 52.6 Å². The summed E-state index contributed by atoms with van der Waals surface area (Å²) in [5.41, 5.74) is 4.74. The van der Waals surface area contributed by atoms with Crippen LogP contribution < -0.4 is 0 Å². The van der Waals surface area contributed by atoms with Gasteiger partial charge in [-0.2, -0.15) is 0 Å². The van der Waals surface area contributed by atoms with Crippen molar-refractivity contribution in [3.8, 4) is 0 Å². The first-order chi connectivity index (χ1) is 15.7. The van der Waals surface area contributed by atoms with Gasteiger partial charge in [0, 0.05) is 11.6 Å². The quantitative estimate of drug-likeness (QED) is 0.181. The van der Waals surface area contributed by atoms with Crippen molar-refractivity contribution in [2.45, 2.75) is 48.5 Å². The molecule has 0 aliphatic rings. The lowest BCUT2D eigenvalue weighted by Crippen LogP contribution is -2.04. The van der Waals surface area contributed by atoms with Crippen LogP contribution in [0.5, 0.6) is 0 Å². The number of carbonyl (C=O) groups excluding carboxylic acids is 2. The van der Waals surface area contributed by atoms with Crippen molar-refractivity contribution < 1.29 is 19.1 Å². The van der Waals surface area contributed by atoms with E-state index in [9.17, 15) is 9.59 Å². The van der Waals surface area contributed by atoms with Gasteiger partial charge in [-0.25, -0.2) is 9.59 Å². The van der Waals surface area contributed by atoms with Gasteiger partial charge in [-0.05, 0) is 54.5 Å². The van der Waals surface area contributed by atoms with E-state index < -0.39 is 0 Å². The predicted molar refractivity (Wildman–Crippen MR) is 139 cm³/mol. The minimum absolute atomic E-state index is 0.286. The Bertz CT molecular complexity index is 913. The maximum Gasteiger partial charge on any atom is 0.333 e. The highest BCUT2D eigenvalue weighted by Gasteiger charge is 2.03. The van der Waals surface area contributed by atoms with Crippen molar-refractivity contribution in [1.82, 2.24) is 0 Å². The Kier molecular flexibility index (Phi) is 16.3. The molecule has 178 valence electrons. The van der Waals surface area contributed by atoms with Crippen LogP contribution in [0.4, 0.5) is 0 Å². The summed E-state index contributed by atoms with van der Waals surface area (Å²) in [6.07, 6.45) is 24.8. The Hall–Kier alpha value is -3.40. The number of rotatable bonds is 12. The number of hydrogen-bond acceptors (Lipinski definition) is 4. The van der Waals surface area contributed by atoms with Crippen molar-refractivity contribution in [3.63, 3.8) is 0 Å². The summed E-state index contributed by atoms with van der Waals surface area (Å²) >= 11 is 0. The van der Waals surface area contributed by atoms with E-state index in [1.54, 1.807) is 26.8 Å². The first-order valence-corrected chi connectivity index (χ1v) is 11.1. The van der Waals surface area contributed by atoms with E-state index in [4.69, 9.17) is 9.47 Å². The molecule has 0 aliphatic carbocycles. The molecule has 0 unspecified atom stereocenters. The van der Waals surface area contributed by atoms with E-state index in [2.05, 4.69) is 0 Å². The van der Waals surface area contributed by atoms with Gasteiger partial charge < -0.3 is 9.47 Å². The van der Waals surface area contributed by atoms with Crippen LogP contribution in [0.2, 0.25) is 0 Å². The molecule has 0 amide bonds. The van der Waals surface area contributed by atoms with Crippen LogP contribution >= 0.6 is 0 Å². The van der Waals surface area contributed by atoms with Crippen molar-refractivity contribution >= 4 is 11.9 Å². The lowest BCUT2D eigenvalue weighted by Gasteiger charge is -2.01. The standard InChI is InChI=1S/C29H38O4/c1-8-32-28(30)21-20-25(5)18-12-16-23(3)14-10-11-15-24(4)17-13-19-26(6)22-27(7)29(31)33-9-2/h10-22H,8-9H2,1-7H3/b11-10+,16-12+,17-13+,21-20+,23-14+,24-15+,25-18+,26-19+,27-22+. The van der Waals surface area contributed by atoms with Gasteiger partial charge in [-0.15, -0.1) is 0 Å².